The van der Waals surface area contributed by atoms with Gasteiger partial charge in [-0.05, 0) is 36.8 Å². The molecule has 0 spiro atoms. The molecule has 1 amide bonds. The zero-order valence-corrected chi connectivity index (χ0v) is 17.5. The highest BCUT2D eigenvalue weighted by molar-refractivity contribution is 6.05. The van der Waals surface area contributed by atoms with Crippen LogP contribution in [0.1, 0.15) is 15.9 Å². The average Bonchev–Trinajstić information content (AvgIpc) is 3.32. The summed E-state index contributed by atoms with van der Waals surface area (Å²) >= 11 is 0. The minimum absolute atomic E-state index is 0.201. The molecule has 1 aliphatic heterocycles. The molecule has 0 aliphatic carbocycles. The highest BCUT2D eigenvalue weighted by Gasteiger charge is 2.15. The number of H-pyrrole nitrogens is 1. The van der Waals surface area contributed by atoms with Crippen molar-refractivity contribution in [2.45, 2.75) is 6.92 Å². The van der Waals surface area contributed by atoms with Crippen LogP contribution in [0.2, 0.25) is 0 Å². The third-order valence-corrected chi connectivity index (χ3v) is 5.31. The number of morpholine rings is 1. The first-order valence-corrected chi connectivity index (χ1v) is 10.3. The summed E-state index contributed by atoms with van der Waals surface area (Å²) in [5.41, 5.74) is 4.33. The van der Waals surface area contributed by atoms with Crippen LogP contribution in [0.4, 0.5) is 23.0 Å². The molecule has 0 bridgehead atoms. The van der Waals surface area contributed by atoms with E-state index in [9.17, 15) is 4.79 Å². The van der Waals surface area contributed by atoms with Gasteiger partial charge in [-0.25, -0.2) is 19.9 Å². The molecule has 3 aromatic heterocycles. The summed E-state index contributed by atoms with van der Waals surface area (Å²) in [6, 6.07) is 9.20. The summed E-state index contributed by atoms with van der Waals surface area (Å²) in [4.78, 5) is 35.1. The van der Waals surface area contributed by atoms with Gasteiger partial charge in [0.2, 0.25) is 0 Å². The fourth-order valence-corrected chi connectivity index (χ4v) is 3.55. The Morgan fingerprint density at radius 3 is 2.84 bits per heavy atom. The average molecular weight is 430 g/mol. The van der Waals surface area contributed by atoms with Crippen LogP contribution in [0, 0.1) is 6.92 Å². The van der Waals surface area contributed by atoms with Crippen molar-refractivity contribution in [2.75, 3.05) is 41.8 Å². The Morgan fingerprint density at radius 2 is 1.97 bits per heavy atom. The summed E-state index contributed by atoms with van der Waals surface area (Å²) in [6.45, 7) is 4.82. The van der Waals surface area contributed by atoms with Gasteiger partial charge in [0.25, 0.3) is 5.91 Å². The van der Waals surface area contributed by atoms with Crippen LogP contribution in [-0.2, 0) is 4.74 Å². The first kappa shape index (κ1) is 19.9. The van der Waals surface area contributed by atoms with E-state index in [1.165, 1.54) is 6.33 Å². The van der Waals surface area contributed by atoms with E-state index in [2.05, 4.69) is 40.5 Å². The van der Waals surface area contributed by atoms with E-state index in [1.807, 2.05) is 31.2 Å². The molecule has 10 heteroatoms. The maximum absolute atomic E-state index is 12.9. The second-order valence-corrected chi connectivity index (χ2v) is 7.43. The maximum Gasteiger partial charge on any atom is 0.255 e. The Hall–Kier alpha value is -4.05. The Bertz CT molecular complexity index is 1270. The number of imidazole rings is 1. The fourth-order valence-electron chi connectivity index (χ4n) is 3.55. The molecule has 1 saturated heterocycles. The van der Waals surface area contributed by atoms with Crippen molar-refractivity contribution >= 4 is 40.1 Å². The molecule has 10 nitrogen and oxygen atoms in total. The molecular weight excluding hydrogens is 408 g/mol. The van der Waals surface area contributed by atoms with Crippen molar-refractivity contribution in [3.05, 3.63) is 60.3 Å². The minimum Gasteiger partial charge on any atom is -0.378 e. The Morgan fingerprint density at radius 1 is 1.09 bits per heavy atom. The minimum atomic E-state index is -0.201. The van der Waals surface area contributed by atoms with E-state index in [1.54, 1.807) is 18.6 Å². The number of pyridine rings is 1. The molecule has 0 unspecified atom stereocenters. The number of nitrogens with zero attached hydrogens (tertiary/aromatic N) is 5. The van der Waals surface area contributed by atoms with Gasteiger partial charge in [-0.1, -0.05) is 6.07 Å². The predicted octanol–water partition coefficient (Wildman–Crippen LogP) is 2.89. The van der Waals surface area contributed by atoms with Crippen LogP contribution in [0.3, 0.4) is 0 Å². The number of hydrogen-bond acceptors (Lipinski definition) is 8. The fraction of sp³-hybridized carbons (Fsp3) is 0.227. The summed E-state index contributed by atoms with van der Waals surface area (Å²) < 4.78 is 5.39. The number of rotatable bonds is 5. The summed E-state index contributed by atoms with van der Waals surface area (Å²) in [7, 11) is 0. The monoisotopic (exact) mass is 430 g/mol. The lowest BCUT2D eigenvalue weighted by Crippen LogP contribution is -2.36. The number of fused-ring (bicyclic) bond motifs is 1. The molecule has 0 saturated carbocycles. The second kappa shape index (κ2) is 8.60. The van der Waals surface area contributed by atoms with Crippen molar-refractivity contribution in [1.82, 2.24) is 24.9 Å². The molecular formula is C22H22N8O2. The van der Waals surface area contributed by atoms with Crippen molar-refractivity contribution in [3.63, 3.8) is 0 Å². The molecule has 1 aliphatic rings. The van der Waals surface area contributed by atoms with Gasteiger partial charge in [-0.15, -0.1) is 0 Å². The number of aromatic amines is 1. The van der Waals surface area contributed by atoms with Gasteiger partial charge in [0, 0.05) is 36.2 Å². The number of aryl methyl sites for hydroxylation is 1. The third kappa shape index (κ3) is 4.08. The largest absolute Gasteiger partial charge is 0.378 e. The lowest BCUT2D eigenvalue weighted by molar-refractivity contribution is 0.102. The number of carbonyl (C=O) groups is 1. The van der Waals surface area contributed by atoms with Crippen molar-refractivity contribution in [3.8, 4) is 0 Å². The first-order valence-electron chi connectivity index (χ1n) is 10.3. The van der Waals surface area contributed by atoms with Crippen molar-refractivity contribution < 1.29 is 9.53 Å². The molecule has 1 fully saturated rings. The number of ether oxygens (including phenoxy) is 1. The normalized spacial score (nSPS) is 13.8. The van der Waals surface area contributed by atoms with Crippen LogP contribution in [0.5, 0.6) is 0 Å². The Labute approximate surface area is 184 Å². The molecule has 3 N–H and O–H groups in total. The van der Waals surface area contributed by atoms with Crippen LogP contribution < -0.4 is 15.5 Å². The van der Waals surface area contributed by atoms with E-state index >= 15 is 0 Å². The number of aromatic nitrogens is 5. The number of anilines is 4. The van der Waals surface area contributed by atoms with E-state index in [0.717, 1.165) is 30.2 Å². The van der Waals surface area contributed by atoms with Gasteiger partial charge in [-0.2, -0.15) is 0 Å². The maximum atomic E-state index is 12.9. The van der Waals surface area contributed by atoms with Gasteiger partial charge < -0.3 is 25.3 Å². The van der Waals surface area contributed by atoms with Gasteiger partial charge in [0.1, 0.15) is 12.1 Å². The summed E-state index contributed by atoms with van der Waals surface area (Å²) in [5.74, 6) is 1.17. The molecule has 0 radical (unpaired) electrons. The van der Waals surface area contributed by atoms with Gasteiger partial charge in [-0.3, -0.25) is 4.79 Å². The van der Waals surface area contributed by atoms with Crippen LogP contribution in [0.15, 0.2) is 49.2 Å². The van der Waals surface area contributed by atoms with E-state index in [0.29, 0.717) is 41.4 Å². The second-order valence-electron chi connectivity index (χ2n) is 7.43. The molecule has 0 atom stereocenters. The van der Waals surface area contributed by atoms with Crippen molar-refractivity contribution in [2.24, 2.45) is 0 Å². The Kier molecular flexibility index (Phi) is 5.34. The van der Waals surface area contributed by atoms with Crippen LogP contribution in [-0.4, -0.2) is 57.1 Å². The van der Waals surface area contributed by atoms with Gasteiger partial charge >= 0.3 is 0 Å². The SMILES string of the molecule is Cc1ccc(NC(=O)c2ccnc(N3CCOCC3)c2)cc1Nc1ncnc2[nH]cnc12. The predicted molar refractivity (Wildman–Crippen MR) is 121 cm³/mol. The van der Waals surface area contributed by atoms with Crippen LogP contribution >= 0.6 is 0 Å². The van der Waals surface area contributed by atoms with Crippen molar-refractivity contribution in [1.29, 1.82) is 0 Å². The molecule has 5 rings (SSSR count). The molecule has 162 valence electrons. The zero-order valence-electron chi connectivity index (χ0n) is 17.5. The standard InChI is InChI=1S/C22H22N8O2/c1-14-2-3-16(11-17(14)29-21-19-20(25-12-24-19)26-13-27-21)28-22(31)15-4-5-23-18(10-15)30-6-8-32-9-7-30/h2-5,10-13H,6-9H2,1H3,(H,28,31)(H2,24,25,26,27,29). The lowest BCUT2D eigenvalue weighted by Gasteiger charge is -2.27. The van der Waals surface area contributed by atoms with E-state index < -0.39 is 0 Å². The smallest absolute Gasteiger partial charge is 0.255 e. The molecule has 4 heterocycles. The number of hydrogen-bond donors (Lipinski definition) is 3. The highest BCUT2D eigenvalue weighted by Crippen LogP contribution is 2.26. The quantitative estimate of drug-likeness (QED) is 0.442. The molecule has 4 aromatic rings. The number of carbonyl (C=O) groups excluding carboxylic acids is 1. The van der Waals surface area contributed by atoms with Gasteiger partial charge in [0.15, 0.2) is 17.0 Å². The zero-order chi connectivity index (χ0) is 21.9. The number of nitrogens with one attached hydrogen (secondary N) is 3. The molecule has 1 aromatic carbocycles. The number of benzene rings is 1. The van der Waals surface area contributed by atoms with E-state index in [4.69, 9.17) is 4.74 Å². The third-order valence-electron chi connectivity index (χ3n) is 5.31. The Balaban J connectivity index is 1.35. The summed E-state index contributed by atoms with van der Waals surface area (Å²) in [6.07, 6.45) is 4.71. The number of amides is 1. The molecule has 32 heavy (non-hydrogen) atoms. The summed E-state index contributed by atoms with van der Waals surface area (Å²) in [5, 5.41) is 6.26. The van der Waals surface area contributed by atoms with E-state index in [-0.39, 0.29) is 5.91 Å². The first-order chi connectivity index (χ1) is 15.7. The lowest BCUT2D eigenvalue weighted by atomic mass is 10.1. The van der Waals surface area contributed by atoms with Gasteiger partial charge in [0.05, 0.1) is 19.5 Å². The van der Waals surface area contributed by atoms with Crippen LogP contribution in [0.25, 0.3) is 11.2 Å². The highest BCUT2D eigenvalue weighted by atomic mass is 16.5. The topological polar surface area (TPSA) is 121 Å².